The molecule has 1 aromatic heterocycles. The molecule has 0 bridgehead atoms. The van der Waals surface area contributed by atoms with Gasteiger partial charge in [-0.1, -0.05) is 29.8 Å². The summed E-state index contributed by atoms with van der Waals surface area (Å²) in [7, 11) is 1.70. The Hall–Kier alpha value is -1.81. The molecule has 0 spiro atoms. The molecule has 0 saturated heterocycles. The molecular formula is C14H19N3O. The molecule has 0 unspecified atom stereocenters. The quantitative estimate of drug-likeness (QED) is 0.794. The lowest BCUT2D eigenvalue weighted by Gasteiger charge is -2.10. The van der Waals surface area contributed by atoms with Crippen LogP contribution in [0.25, 0.3) is 0 Å². The number of anilines is 1. The van der Waals surface area contributed by atoms with Gasteiger partial charge in [0, 0.05) is 26.0 Å². The Bertz CT molecular complexity index is 493. The predicted octanol–water partition coefficient (Wildman–Crippen LogP) is 2.30. The minimum absolute atomic E-state index is 0.678. The van der Waals surface area contributed by atoms with Gasteiger partial charge in [0.25, 0.3) is 0 Å². The van der Waals surface area contributed by atoms with Crippen molar-refractivity contribution in [2.75, 3.05) is 25.6 Å². The van der Waals surface area contributed by atoms with E-state index in [1.807, 2.05) is 12.4 Å². The molecule has 4 nitrogen and oxygen atoms in total. The summed E-state index contributed by atoms with van der Waals surface area (Å²) in [4.78, 5) is 4.30. The van der Waals surface area contributed by atoms with Crippen molar-refractivity contribution < 1.29 is 4.74 Å². The first kappa shape index (κ1) is 12.6. The van der Waals surface area contributed by atoms with Gasteiger partial charge in [-0.2, -0.15) is 0 Å². The monoisotopic (exact) mass is 245 g/mol. The van der Waals surface area contributed by atoms with E-state index in [1.54, 1.807) is 7.11 Å². The molecule has 0 radical (unpaired) electrons. The van der Waals surface area contributed by atoms with Crippen LogP contribution in [0.5, 0.6) is 0 Å². The van der Waals surface area contributed by atoms with E-state index in [0.717, 1.165) is 19.0 Å². The van der Waals surface area contributed by atoms with Gasteiger partial charge in [0.1, 0.15) is 0 Å². The number of aryl methyl sites for hydroxylation is 1. The Balaban J connectivity index is 2.03. The Labute approximate surface area is 108 Å². The Morgan fingerprint density at radius 1 is 1.39 bits per heavy atom. The molecule has 0 saturated carbocycles. The number of nitrogens with zero attached hydrogens (tertiary/aromatic N) is 2. The first-order valence-corrected chi connectivity index (χ1v) is 6.09. The van der Waals surface area contributed by atoms with E-state index in [9.17, 15) is 0 Å². The largest absolute Gasteiger partial charge is 0.383 e. The zero-order chi connectivity index (χ0) is 12.8. The van der Waals surface area contributed by atoms with Gasteiger partial charge in [0.2, 0.25) is 5.95 Å². The summed E-state index contributed by atoms with van der Waals surface area (Å²) < 4.78 is 7.12. The zero-order valence-corrected chi connectivity index (χ0v) is 10.9. The van der Waals surface area contributed by atoms with Crippen molar-refractivity contribution in [2.45, 2.75) is 13.5 Å². The summed E-state index contributed by atoms with van der Waals surface area (Å²) >= 11 is 0. The van der Waals surface area contributed by atoms with Crippen LogP contribution in [0.4, 0.5) is 5.95 Å². The fourth-order valence-electron chi connectivity index (χ4n) is 1.88. The maximum Gasteiger partial charge on any atom is 0.203 e. The number of hydrogen-bond donors (Lipinski definition) is 1. The van der Waals surface area contributed by atoms with Gasteiger partial charge in [-0.15, -0.1) is 0 Å². The molecule has 2 aromatic rings. The fraction of sp³-hybridized carbons (Fsp3) is 0.357. The lowest BCUT2D eigenvalue weighted by atomic mass is 10.1. The van der Waals surface area contributed by atoms with Crippen molar-refractivity contribution in [1.29, 1.82) is 0 Å². The molecule has 0 fully saturated rings. The van der Waals surface area contributed by atoms with E-state index in [2.05, 4.69) is 46.1 Å². The number of imidazole rings is 1. The van der Waals surface area contributed by atoms with Crippen LogP contribution in [0.1, 0.15) is 11.1 Å². The second kappa shape index (κ2) is 6.21. The van der Waals surface area contributed by atoms with Crippen LogP contribution in [0.2, 0.25) is 0 Å². The number of ether oxygens (including phenoxy) is 1. The van der Waals surface area contributed by atoms with Gasteiger partial charge >= 0.3 is 0 Å². The molecule has 0 amide bonds. The van der Waals surface area contributed by atoms with Gasteiger partial charge in [-0.05, 0) is 12.5 Å². The third kappa shape index (κ3) is 3.34. The number of aromatic nitrogens is 2. The van der Waals surface area contributed by atoms with Crippen molar-refractivity contribution in [1.82, 2.24) is 9.55 Å². The topological polar surface area (TPSA) is 39.1 Å². The second-order valence-corrected chi connectivity index (χ2v) is 4.29. The van der Waals surface area contributed by atoms with E-state index < -0.39 is 0 Å². The number of hydrogen-bond acceptors (Lipinski definition) is 3. The Kier molecular flexibility index (Phi) is 4.36. The lowest BCUT2D eigenvalue weighted by molar-refractivity contribution is 0.210. The van der Waals surface area contributed by atoms with E-state index in [1.165, 1.54) is 11.1 Å². The van der Waals surface area contributed by atoms with Gasteiger partial charge < -0.3 is 14.6 Å². The van der Waals surface area contributed by atoms with Crippen LogP contribution in [0.3, 0.4) is 0 Å². The zero-order valence-electron chi connectivity index (χ0n) is 10.9. The van der Waals surface area contributed by atoms with Crippen molar-refractivity contribution in [2.24, 2.45) is 0 Å². The molecule has 18 heavy (non-hydrogen) atoms. The summed E-state index contributed by atoms with van der Waals surface area (Å²) in [6.45, 7) is 4.38. The van der Waals surface area contributed by atoms with E-state index in [0.29, 0.717) is 6.61 Å². The molecule has 1 N–H and O–H groups in total. The number of nitrogens with one attached hydrogen (secondary N) is 1. The third-order valence-corrected chi connectivity index (χ3v) is 2.74. The number of methoxy groups -OCH3 is 1. The second-order valence-electron chi connectivity index (χ2n) is 4.29. The highest BCUT2D eigenvalue weighted by molar-refractivity contribution is 5.29. The van der Waals surface area contributed by atoms with Gasteiger partial charge in [0.05, 0.1) is 13.2 Å². The molecule has 0 aliphatic heterocycles. The summed E-state index contributed by atoms with van der Waals surface area (Å²) in [5.74, 6) is 0.883. The minimum atomic E-state index is 0.678. The smallest absolute Gasteiger partial charge is 0.203 e. The first-order valence-electron chi connectivity index (χ1n) is 6.09. The van der Waals surface area contributed by atoms with Gasteiger partial charge in [-0.3, -0.25) is 0 Å². The molecular weight excluding hydrogens is 226 g/mol. The number of rotatable bonds is 6. The van der Waals surface area contributed by atoms with Crippen LogP contribution in [0, 0.1) is 6.92 Å². The molecule has 1 aromatic carbocycles. The minimum Gasteiger partial charge on any atom is -0.383 e. The van der Waals surface area contributed by atoms with E-state index in [-0.39, 0.29) is 0 Å². The van der Waals surface area contributed by atoms with Gasteiger partial charge in [-0.25, -0.2) is 4.98 Å². The number of benzene rings is 1. The summed E-state index contributed by atoms with van der Waals surface area (Å²) in [5, 5.41) is 3.26. The predicted molar refractivity (Wildman–Crippen MR) is 72.9 cm³/mol. The maximum atomic E-state index is 5.01. The summed E-state index contributed by atoms with van der Waals surface area (Å²) in [6, 6.07) is 8.51. The van der Waals surface area contributed by atoms with Crippen molar-refractivity contribution in [3.05, 3.63) is 47.8 Å². The van der Waals surface area contributed by atoms with Crippen LogP contribution in [0.15, 0.2) is 36.7 Å². The molecule has 96 valence electrons. The SMILES string of the molecule is COCCNc1nccn1Cc1cccc(C)c1. The van der Waals surface area contributed by atoms with E-state index >= 15 is 0 Å². The summed E-state index contributed by atoms with van der Waals surface area (Å²) in [6.07, 6.45) is 3.79. The Morgan fingerprint density at radius 3 is 3.06 bits per heavy atom. The van der Waals surface area contributed by atoms with E-state index in [4.69, 9.17) is 4.74 Å². The summed E-state index contributed by atoms with van der Waals surface area (Å²) in [5.41, 5.74) is 2.56. The first-order chi connectivity index (χ1) is 8.79. The maximum absolute atomic E-state index is 5.01. The molecule has 2 rings (SSSR count). The van der Waals surface area contributed by atoms with Crippen molar-refractivity contribution in [3.8, 4) is 0 Å². The highest BCUT2D eigenvalue weighted by Crippen LogP contribution is 2.10. The molecule has 0 aliphatic carbocycles. The standard InChI is InChI=1S/C14H19N3O/c1-12-4-3-5-13(10-12)11-17-8-6-15-14(17)16-7-9-18-2/h3-6,8,10H,7,9,11H2,1-2H3,(H,15,16). The van der Waals surface area contributed by atoms with Gasteiger partial charge in [0.15, 0.2) is 0 Å². The van der Waals surface area contributed by atoms with Crippen LogP contribution < -0.4 is 5.32 Å². The van der Waals surface area contributed by atoms with Crippen LogP contribution >= 0.6 is 0 Å². The molecule has 1 heterocycles. The highest BCUT2D eigenvalue weighted by atomic mass is 16.5. The van der Waals surface area contributed by atoms with Crippen molar-refractivity contribution in [3.63, 3.8) is 0 Å². The Morgan fingerprint density at radius 2 is 2.28 bits per heavy atom. The average molecular weight is 245 g/mol. The molecule has 4 heteroatoms. The fourth-order valence-corrected chi connectivity index (χ4v) is 1.88. The molecule has 0 atom stereocenters. The average Bonchev–Trinajstić information content (AvgIpc) is 2.77. The van der Waals surface area contributed by atoms with Crippen LogP contribution in [-0.2, 0) is 11.3 Å². The van der Waals surface area contributed by atoms with Crippen LogP contribution in [-0.4, -0.2) is 29.8 Å². The normalized spacial score (nSPS) is 10.6. The van der Waals surface area contributed by atoms with Crippen molar-refractivity contribution >= 4 is 5.95 Å². The highest BCUT2D eigenvalue weighted by Gasteiger charge is 2.02. The lowest BCUT2D eigenvalue weighted by Crippen LogP contribution is -2.12. The third-order valence-electron chi connectivity index (χ3n) is 2.74. The molecule has 0 aliphatic rings.